The summed E-state index contributed by atoms with van der Waals surface area (Å²) in [4.78, 5) is 26.9. The first-order valence-corrected chi connectivity index (χ1v) is 14.2. The van der Waals surface area contributed by atoms with Crippen LogP contribution in [0, 0.1) is 30.1 Å². The van der Waals surface area contributed by atoms with Crippen LogP contribution in [0.3, 0.4) is 0 Å². The molecule has 1 heterocycles. The summed E-state index contributed by atoms with van der Waals surface area (Å²) in [5.41, 5.74) is 0.698. The van der Waals surface area contributed by atoms with Gasteiger partial charge in [0.2, 0.25) is 0 Å². The van der Waals surface area contributed by atoms with Crippen molar-refractivity contribution in [2.45, 2.75) is 72.5 Å². The first-order chi connectivity index (χ1) is 18.5. The highest BCUT2D eigenvalue weighted by Gasteiger charge is 2.54. The molecule has 2 aromatic rings. The maximum Gasteiger partial charge on any atom is 0.346 e. The lowest BCUT2D eigenvalue weighted by Crippen LogP contribution is -2.37. The number of aliphatic hydroxyl groups excluding tert-OH is 1. The maximum absolute atomic E-state index is 13.6. The van der Waals surface area contributed by atoms with Crippen molar-refractivity contribution >= 4 is 35.1 Å². The standard InChI is InChI=1S/C30H34Cl2O7/c1-14(2)10-20(33)18-8-9-21-22(25(18)36-5)28(34)37-13-19-23(31)15(3)24(32)27(26(19)38-21)39-29(35)30(4)12-16-6-7-17(30)11-16/h8-9,14,16-17,20,33H,6-7,10-13H2,1-5H3/t16?,17?,20-,30?/m0/s1. The molecule has 9 heteroatoms. The summed E-state index contributed by atoms with van der Waals surface area (Å²) in [6.07, 6.45) is 3.57. The molecule has 0 spiro atoms. The highest BCUT2D eigenvalue weighted by Crippen LogP contribution is 2.57. The average Bonchev–Trinajstić information content (AvgIpc) is 3.48. The molecule has 1 aliphatic heterocycles. The predicted octanol–water partition coefficient (Wildman–Crippen LogP) is 7.58. The molecule has 3 unspecified atom stereocenters. The molecule has 2 fully saturated rings. The number of hydrogen-bond donors (Lipinski definition) is 1. The lowest BCUT2D eigenvalue weighted by Gasteiger charge is -2.32. The van der Waals surface area contributed by atoms with E-state index >= 15 is 0 Å². The van der Waals surface area contributed by atoms with E-state index in [-0.39, 0.29) is 63.0 Å². The van der Waals surface area contributed by atoms with E-state index in [2.05, 4.69) is 0 Å². The second kappa shape index (κ2) is 10.5. The lowest BCUT2D eigenvalue weighted by atomic mass is 9.75. The molecular weight excluding hydrogens is 543 g/mol. The van der Waals surface area contributed by atoms with Crippen LogP contribution in [0.25, 0.3) is 0 Å². The summed E-state index contributed by atoms with van der Waals surface area (Å²) >= 11 is 13.4. The summed E-state index contributed by atoms with van der Waals surface area (Å²) < 4.78 is 23.6. The van der Waals surface area contributed by atoms with Crippen LogP contribution in [-0.2, 0) is 16.1 Å². The number of esters is 2. The molecule has 2 bridgehead atoms. The molecule has 5 rings (SSSR count). The number of benzene rings is 2. The van der Waals surface area contributed by atoms with Gasteiger partial charge < -0.3 is 24.1 Å². The Hall–Kier alpha value is -2.48. The normalized spacial score (nSPS) is 24.3. The van der Waals surface area contributed by atoms with Crippen molar-refractivity contribution in [1.82, 2.24) is 0 Å². The third-order valence-corrected chi connectivity index (χ3v) is 9.56. The average molecular weight is 578 g/mol. The number of carbonyl (C=O) groups excluding carboxylic acids is 2. The number of carbonyl (C=O) groups is 2. The van der Waals surface area contributed by atoms with E-state index in [1.54, 1.807) is 19.1 Å². The van der Waals surface area contributed by atoms with Crippen molar-refractivity contribution in [2.24, 2.45) is 23.2 Å². The third-order valence-electron chi connectivity index (χ3n) is 8.59. The van der Waals surface area contributed by atoms with E-state index in [1.165, 1.54) is 7.11 Å². The lowest BCUT2D eigenvalue weighted by molar-refractivity contribution is -0.148. The Morgan fingerprint density at radius 3 is 2.56 bits per heavy atom. The van der Waals surface area contributed by atoms with Crippen LogP contribution in [0.1, 0.15) is 86.0 Å². The van der Waals surface area contributed by atoms with E-state index in [0.717, 1.165) is 25.7 Å². The second-order valence-electron chi connectivity index (χ2n) is 11.7. The Morgan fingerprint density at radius 1 is 1.21 bits per heavy atom. The van der Waals surface area contributed by atoms with Crippen LogP contribution in [0.4, 0.5) is 0 Å². The molecule has 1 N–H and O–H groups in total. The monoisotopic (exact) mass is 576 g/mol. The van der Waals surface area contributed by atoms with Gasteiger partial charge >= 0.3 is 11.9 Å². The van der Waals surface area contributed by atoms with Gasteiger partial charge in [-0.25, -0.2) is 4.79 Å². The number of cyclic esters (lactones) is 1. The Morgan fingerprint density at radius 2 is 1.95 bits per heavy atom. The molecule has 210 valence electrons. The van der Waals surface area contributed by atoms with Crippen LogP contribution in [-0.4, -0.2) is 24.2 Å². The molecule has 2 aliphatic carbocycles. The molecule has 0 saturated heterocycles. The minimum atomic E-state index is -0.860. The van der Waals surface area contributed by atoms with E-state index in [0.29, 0.717) is 29.0 Å². The van der Waals surface area contributed by atoms with Gasteiger partial charge in [-0.3, -0.25) is 4.79 Å². The fourth-order valence-corrected chi connectivity index (χ4v) is 6.96. The molecule has 0 amide bonds. The zero-order valence-electron chi connectivity index (χ0n) is 22.9. The quantitative estimate of drug-likeness (QED) is 0.280. The van der Waals surface area contributed by atoms with Crippen molar-refractivity contribution in [1.29, 1.82) is 0 Å². The van der Waals surface area contributed by atoms with Crippen molar-refractivity contribution in [2.75, 3.05) is 7.11 Å². The van der Waals surface area contributed by atoms with Gasteiger partial charge in [0.05, 0.1) is 34.2 Å². The molecule has 39 heavy (non-hydrogen) atoms. The zero-order valence-corrected chi connectivity index (χ0v) is 24.4. The Balaban J connectivity index is 1.60. The minimum absolute atomic E-state index is 0.0219. The smallest absolute Gasteiger partial charge is 0.346 e. The molecule has 0 radical (unpaired) electrons. The molecule has 2 saturated carbocycles. The van der Waals surface area contributed by atoms with E-state index in [4.69, 9.17) is 42.1 Å². The Bertz CT molecular complexity index is 1340. The second-order valence-corrected chi connectivity index (χ2v) is 12.4. The first kappa shape index (κ1) is 28.1. The van der Waals surface area contributed by atoms with Gasteiger partial charge in [0, 0.05) is 5.56 Å². The number of fused-ring (bicyclic) bond motifs is 4. The fourth-order valence-electron chi connectivity index (χ4n) is 6.46. The van der Waals surface area contributed by atoms with E-state index < -0.39 is 17.5 Å². The summed E-state index contributed by atoms with van der Waals surface area (Å²) in [5, 5.41) is 11.2. The van der Waals surface area contributed by atoms with Crippen molar-refractivity contribution in [3.05, 3.63) is 44.4 Å². The van der Waals surface area contributed by atoms with Gasteiger partial charge in [-0.1, -0.05) is 43.5 Å². The van der Waals surface area contributed by atoms with Crippen LogP contribution in [0.5, 0.6) is 23.0 Å². The van der Waals surface area contributed by atoms with Crippen LogP contribution in [0.15, 0.2) is 12.1 Å². The maximum atomic E-state index is 13.6. The zero-order chi connectivity index (χ0) is 28.2. The van der Waals surface area contributed by atoms with E-state index in [9.17, 15) is 14.7 Å². The number of halogens is 2. The molecule has 3 aliphatic rings. The van der Waals surface area contributed by atoms with Crippen LogP contribution >= 0.6 is 23.2 Å². The molecule has 2 aromatic carbocycles. The van der Waals surface area contributed by atoms with Crippen molar-refractivity contribution in [3.63, 3.8) is 0 Å². The minimum Gasteiger partial charge on any atom is -0.495 e. The highest BCUT2D eigenvalue weighted by molar-refractivity contribution is 6.38. The highest BCUT2D eigenvalue weighted by atomic mass is 35.5. The van der Waals surface area contributed by atoms with E-state index in [1.807, 2.05) is 20.8 Å². The van der Waals surface area contributed by atoms with Gasteiger partial charge in [-0.15, -0.1) is 0 Å². The number of hydrogen-bond acceptors (Lipinski definition) is 7. The van der Waals surface area contributed by atoms with Crippen LogP contribution in [0.2, 0.25) is 10.0 Å². The molecule has 4 atom stereocenters. The van der Waals surface area contributed by atoms with Gasteiger partial charge in [-0.05, 0) is 75.0 Å². The summed E-state index contributed by atoms with van der Waals surface area (Å²) in [6.45, 7) is 7.42. The third kappa shape index (κ3) is 4.76. The summed E-state index contributed by atoms with van der Waals surface area (Å²) in [6, 6.07) is 3.22. The molecule has 7 nitrogen and oxygen atoms in total. The van der Waals surface area contributed by atoms with Gasteiger partial charge in [0.1, 0.15) is 23.7 Å². The first-order valence-electron chi connectivity index (χ1n) is 13.4. The number of rotatable bonds is 6. The van der Waals surface area contributed by atoms with Gasteiger partial charge in [0.15, 0.2) is 11.5 Å². The number of aliphatic hydroxyl groups is 1. The molecule has 0 aromatic heterocycles. The number of methoxy groups -OCH3 is 1. The summed E-state index contributed by atoms with van der Waals surface area (Å²) in [5.74, 6) is 0.400. The van der Waals surface area contributed by atoms with Gasteiger partial charge in [0.25, 0.3) is 0 Å². The van der Waals surface area contributed by atoms with Crippen LogP contribution < -0.4 is 14.2 Å². The Labute approximate surface area is 238 Å². The molecular formula is C30H34Cl2O7. The van der Waals surface area contributed by atoms with Gasteiger partial charge in [-0.2, -0.15) is 0 Å². The Kier molecular flexibility index (Phi) is 7.55. The predicted molar refractivity (Wildman–Crippen MR) is 147 cm³/mol. The topological polar surface area (TPSA) is 91.3 Å². The largest absolute Gasteiger partial charge is 0.495 e. The summed E-state index contributed by atoms with van der Waals surface area (Å²) in [7, 11) is 1.42. The fraction of sp³-hybridized carbons (Fsp3) is 0.533. The van der Waals surface area contributed by atoms with Crippen molar-refractivity contribution in [3.8, 4) is 23.0 Å². The van der Waals surface area contributed by atoms with Crippen molar-refractivity contribution < 1.29 is 33.6 Å². The number of ether oxygens (including phenoxy) is 4. The SMILES string of the molecule is COc1c([C@@H](O)CC(C)C)ccc2c1C(=O)OCc1c(Cl)c(C)c(Cl)c(OC(=O)C3(C)CC4CCC3C4)c1O2.